The molecule has 0 amide bonds. The van der Waals surface area contributed by atoms with Gasteiger partial charge in [0.2, 0.25) is 0 Å². The highest BCUT2D eigenvalue weighted by molar-refractivity contribution is 5.72. The predicted molar refractivity (Wildman–Crippen MR) is 69.9 cm³/mol. The van der Waals surface area contributed by atoms with Crippen molar-refractivity contribution in [3.8, 4) is 0 Å². The molecule has 0 spiro atoms. The fraction of sp³-hybridized carbons (Fsp3) is 0.929. The Morgan fingerprint density at radius 3 is 2.12 bits per heavy atom. The summed E-state index contributed by atoms with van der Waals surface area (Å²) < 4.78 is 11.1. The predicted octanol–water partition coefficient (Wildman–Crippen LogP) is 3.56. The molecule has 0 rings (SSSR count). The molecule has 0 bridgehead atoms. The highest BCUT2D eigenvalue weighted by Crippen LogP contribution is 2.17. The zero-order valence-corrected chi connectivity index (χ0v) is 12.2. The lowest BCUT2D eigenvalue weighted by Crippen LogP contribution is -2.32. The van der Waals surface area contributed by atoms with Crippen LogP contribution in [0, 0.1) is 5.92 Å². The van der Waals surface area contributed by atoms with Gasteiger partial charge in [-0.1, -0.05) is 20.8 Å². The van der Waals surface area contributed by atoms with E-state index in [9.17, 15) is 4.79 Å². The molecule has 0 aliphatic rings. The number of esters is 1. The molecule has 102 valence electrons. The van der Waals surface area contributed by atoms with Gasteiger partial charge in [-0.15, -0.1) is 0 Å². The van der Waals surface area contributed by atoms with Gasteiger partial charge in [0.1, 0.15) is 6.61 Å². The van der Waals surface area contributed by atoms with E-state index in [1.807, 2.05) is 34.6 Å². The first-order chi connectivity index (χ1) is 7.86. The van der Waals surface area contributed by atoms with E-state index < -0.39 is 0 Å². The van der Waals surface area contributed by atoms with Crippen LogP contribution in [0.1, 0.15) is 60.8 Å². The Balaban J connectivity index is 3.99. The Morgan fingerprint density at radius 1 is 1.18 bits per heavy atom. The summed E-state index contributed by atoms with van der Waals surface area (Å²) in [6.45, 7) is 12.5. The summed E-state index contributed by atoms with van der Waals surface area (Å²) in [5.41, 5.74) is -0.152. The third-order valence-electron chi connectivity index (χ3n) is 3.15. The lowest BCUT2D eigenvalue weighted by atomic mass is 10.0. The highest BCUT2D eigenvalue weighted by Gasteiger charge is 2.21. The first-order valence-corrected chi connectivity index (χ1v) is 6.70. The van der Waals surface area contributed by atoms with E-state index in [4.69, 9.17) is 9.47 Å². The van der Waals surface area contributed by atoms with E-state index in [0.717, 1.165) is 19.3 Å². The summed E-state index contributed by atoms with van der Waals surface area (Å²) in [4.78, 5) is 11.7. The van der Waals surface area contributed by atoms with Crippen LogP contribution in [0.25, 0.3) is 0 Å². The minimum Gasteiger partial charge on any atom is -0.463 e. The van der Waals surface area contributed by atoms with Gasteiger partial charge in [0.15, 0.2) is 0 Å². The molecule has 0 N–H and O–H groups in total. The molecular weight excluding hydrogens is 216 g/mol. The molecule has 0 radical (unpaired) electrons. The molecule has 0 aromatic rings. The summed E-state index contributed by atoms with van der Waals surface area (Å²) in [6, 6.07) is 0. The van der Waals surface area contributed by atoms with Gasteiger partial charge in [-0.3, -0.25) is 4.79 Å². The van der Waals surface area contributed by atoms with Crippen LogP contribution in [-0.2, 0) is 14.3 Å². The van der Waals surface area contributed by atoms with E-state index in [1.165, 1.54) is 0 Å². The number of rotatable bonds is 8. The standard InChI is InChI=1S/C14H28O3/c1-7-12(8-2)13(15)16-10-11(4)17-14(5,6)9-3/h11-12H,7-10H2,1-6H3. The van der Waals surface area contributed by atoms with Gasteiger partial charge in [-0.2, -0.15) is 0 Å². The third-order valence-corrected chi connectivity index (χ3v) is 3.15. The Kier molecular flexibility index (Phi) is 7.44. The van der Waals surface area contributed by atoms with Crippen molar-refractivity contribution in [2.45, 2.75) is 72.5 Å². The van der Waals surface area contributed by atoms with Gasteiger partial charge in [0, 0.05) is 0 Å². The van der Waals surface area contributed by atoms with Crippen molar-refractivity contribution in [2.24, 2.45) is 5.92 Å². The Hall–Kier alpha value is -0.570. The molecule has 0 aromatic heterocycles. The maximum atomic E-state index is 11.7. The maximum Gasteiger partial charge on any atom is 0.308 e. The number of ether oxygens (including phenoxy) is 2. The molecule has 0 saturated heterocycles. The van der Waals surface area contributed by atoms with Gasteiger partial charge in [-0.05, 0) is 40.0 Å². The van der Waals surface area contributed by atoms with Crippen LogP contribution in [0.3, 0.4) is 0 Å². The molecule has 0 saturated carbocycles. The molecule has 0 fully saturated rings. The van der Waals surface area contributed by atoms with Crippen molar-refractivity contribution in [1.82, 2.24) is 0 Å². The van der Waals surface area contributed by atoms with Crippen LogP contribution in [0.15, 0.2) is 0 Å². The fourth-order valence-electron chi connectivity index (χ4n) is 1.60. The smallest absolute Gasteiger partial charge is 0.308 e. The Labute approximate surface area is 106 Å². The topological polar surface area (TPSA) is 35.5 Å². The first kappa shape index (κ1) is 16.4. The second-order valence-electron chi connectivity index (χ2n) is 5.19. The van der Waals surface area contributed by atoms with Crippen LogP contribution in [-0.4, -0.2) is 24.3 Å². The van der Waals surface area contributed by atoms with E-state index in [1.54, 1.807) is 0 Å². The molecular formula is C14H28O3. The number of hydrogen-bond donors (Lipinski definition) is 0. The van der Waals surface area contributed by atoms with Gasteiger partial charge < -0.3 is 9.47 Å². The molecule has 3 heteroatoms. The van der Waals surface area contributed by atoms with Crippen LogP contribution in [0.5, 0.6) is 0 Å². The monoisotopic (exact) mass is 244 g/mol. The number of carbonyl (C=O) groups is 1. The molecule has 3 nitrogen and oxygen atoms in total. The summed E-state index contributed by atoms with van der Waals surface area (Å²) in [5.74, 6) is -0.0684. The van der Waals surface area contributed by atoms with Gasteiger partial charge in [0.25, 0.3) is 0 Å². The van der Waals surface area contributed by atoms with Crippen LogP contribution >= 0.6 is 0 Å². The Bertz CT molecular complexity index is 220. The molecule has 1 atom stereocenters. The lowest BCUT2D eigenvalue weighted by Gasteiger charge is -2.28. The van der Waals surface area contributed by atoms with E-state index >= 15 is 0 Å². The van der Waals surface area contributed by atoms with Crippen molar-refractivity contribution in [3.05, 3.63) is 0 Å². The zero-order valence-electron chi connectivity index (χ0n) is 12.2. The largest absolute Gasteiger partial charge is 0.463 e. The molecule has 0 aliphatic heterocycles. The van der Waals surface area contributed by atoms with Crippen LogP contribution in [0.2, 0.25) is 0 Å². The van der Waals surface area contributed by atoms with Crippen LogP contribution in [0.4, 0.5) is 0 Å². The average molecular weight is 244 g/mol. The van der Waals surface area contributed by atoms with Gasteiger partial charge >= 0.3 is 5.97 Å². The summed E-state index contributed by atoms with van der Waals surface area (Å²) in [6.07, 6.45) is 2.57. The zero-order chi connectivity index (χ0) is 13.5. The SMILES string of the molecule is CCC(CC)C(=O)OCC(C)OC(C)(C)CC. The lowest BCUT2D eigenvalue weighted by molar-refractivity contribution is -0.157. The normalized spacial score (nSPS) is 13.8. The van der Waals surface area contributed by atoms with Crippen molar-refractivity contribution in [3.63, 3.8) is 0 Å². The van der Waals surface area contributed by atoms with E-state index in [-0.39, 0.29) is 23.6 Å². The minimum atomic E-state index is -0.152. The molecule has 0 aliphatic carbocycles. The molecule has 0 heterocycles. The summed E-state index contributed by atoms with van der Waals surface area (Å²) in [5, 5.41) is 0. The average Bonchev–Trinajstić information content (AvgIpc) is 2.27. The second-order valence-corrected chi connectivity index (χ2v) is 5.19. The van der Waals surface area contributed by atoms with Crippen molar-refractivity contribution in [2.75, 3.05) is 6.61 Å². The molecule has 0 aromatic carbocycles. The number of carbonyl (C=O) groups excluding carboxylic acids is 1. The van der Waals surface area contributed by atoms with Crippen LogP contribution < -0.4 is 0 Å². The van der Waals surface area contributed by atoms with Gasteiger partial charge in [-0.25, -0.2) is 0 Å². The second kappa shape index (κ2) is 7.70. The Morgan fingerprint density at radius 2 is 1.71 bits per heavy atom. The molecule has 1 unspecified atom stereocenters. The highest BCUT2D eigenvalue weighted by atomic mass is 16.6. The maximum absolute atomic E-state index is 11.7. The van der Waals surface area contributed by atoms with Crippen molar-refractivity contribution < 1.29 is 14.3 Å². The summed E-state index contributed by atoms with van der Waals surface area (Å²) >= 11 is 0. The third kappa shape index (κ3) is 6.67. The van der Waals surface area contributed by atoms with Crippen molar-refractivity contribution in [1.29, 1.82) is 0 Å². The quantitative estimate of drug-likeness (QED) is 0.612. The number of hydrogen-bond acceptors (Lipinski definition) is 3. The van der Waals surface area contributed by atoms with Gasteiger partial charge in [0.05, 0.1) is 17.6 Å². The minimum absolute atomic E-state index is 0.0291. The van der Waals surface area contributed by atoms with Crippen molar-refractivity contribution >= 4 is 5.97 Å². The van der Waals surface area contributed by atoms with E-state index in [0.29, 0.717) is 6.61 Å². The molecule has 17 heavy (non-hydrogen) atoms. The first-order valence-electron chi connectivity index (χ1n) is 6.70. The summed E-state index contributed by atoms with van der Waals surface area (Å²) in [7, 11) is 0. The fourth-order valence-corrected chi connectivity index (χ4v) is 1.60. The van der Waals surface area contributed by atoms with E-state index in [2.05, 4.69) is 6.92 Å².